The molecule has 0 unspecified atom stereocenters. The number of rotatable bonds is 0. The molecule has 1 N–H and O–H groups in total. The average Bonchev–Trinajstić information content (AvgIpc) is 3.22. The van der Waals surface area contributed by atoms with Gasteiger partial charge in [-0.15, -0.1) is 0 Å². The van der Waals surface area contributed by atoms with Crippen LogP contribution in [-0.2, 0) is 11.8 Å². The van der Waals surface area contributed by atoms with Crippen LogP contribution in [0.5, 0.6) is 0 Å². The Kier molecular flexibility index (Phi) is 4.75. The maximum absolute atomic E-state index is 3.88. The zero-order chi connectivity index (χ0) is 26.2. The number of fused-ring (bicyclic) bond motifs is 10. The lowest BCUT2D eigenvalue weighted by molar-refractivity contribution is -0.228. The number of benzene rings is 1. The maximum atomic E-state index is 3.88. The Morgan fingerprint density at radius 3 is 2.22 bits per heavy atom. The fourth-order valence-corrected chi connectivity index (χ4v) is 11.7. The Morgan fingerprint density at radius 2 is 1.43 bits per heavy atom. The summed E-state index contributed by atoms with van der Waals surface area (Å²) >= 11 is 0. The molecule has 0 radical (unpaired) electrons. The van der Waals surface area contributed by atoms with Crippen molar-refractivity contribution >= 4 is 10.9 Å². The van der Waals surface area contributed by atoms with E-state index in [4.69, 9.17) is 0 Å². The molecule has 3 fully saturated rings. The summed E-state index contributed by atoms with van der Waals surface area (Å²) in [5.74, 6) is 2.34. The van der Waals surface area contributed by atoms with Gasteiger partial charge in [0.05, 0.1) is 0 Å². The van der Waals surface area contributed by atoms with Crippen molar-refractivity contribution < 1.29 is 0 Å². The van der Waals surface area contributed by atoms with Crippen molar-refractivity contribution in [1.82, 2.24) is 4.98 Å². The molecule has 0 aliphatic heterocycles. The van der Waals surface area contributed by atoms with E-state index >= 15 is 0 Å². The average molecular weight is 498 g/mol. The molecule has 0 bridgehead atoms. The highest BCUT2D eigenvalue weighted by Crippen LogP contribution is 2.77. The van der Waals surface area contributed by atoms with Crippen LogP contribution in [-0.4, -0.2) is 4.98 Å². The zero-order valence-electron chi connectivity index (χ0n) is 25.0. The van der Waals surface area contributed by atoms with E-state index in [1.54, 1.807) is 11.1 Å². The molecule has 1 heteroatoms. The van der Waals surface area contributed by atoms with Crippen molar-refractivity contribution in [2.24, 2.45) is 44.8 Å². The Labute approximate surface area is 226 Å². The predicted molar refractivity (Wildman–Crippen MR) is 157 cm³/mol. The molecule has 0 saturated heterocycles. The molecule has 7 rings (SSSR count). The van der Waals surface area contributed by atoms with Gasteiger partial charge in [0, 0.05) is 22.0 Å². The van der Waals surface area contributed by atoms with E-state index in [1.165, 1.54) is 74.4 Å². The van der Waals surface area contributed by atoms with Gasteiger partial charge in [0.1, 0.15) is 0 Å². The third kappa shape index (κ3) is 2.93. The van der Waals surface area contributed by atoms with E-state index < -0.39 is 0 Å². The molecule has 5 aliphatic rings. The van der Waals surface area contributed by atoms with Crippen LogP contribution in [0.15, 0.2) is 35.9 Å². The third-order valence-corrected chi connectivity index (χ3v) is 14.3. The molecular weight excluding hydrogens is 446 g/mol. The first kappa shape index (κ1) is 24.5. The second-order valence-corrected chi connectivity index (χ2v) is 16.8. The Bertz CT molecular complexity index is 1310. The van der Waals surface area contributed by atoms with Crippen LogP contribution < -0.4 is 0 Å². The largest absolute Gasteiger partial charge is 0.357 e. The third-order valence-electron chi connectivity index (χ3n) is 14.3. The Hall–Kier alpha value is -1.50. The number of hydrogen-bond donors (Lipinski definition) is 1. The van der Waals surface area contributed by atoms with Crippen molar-refractivity contribution in [2.75, 3.05) is 0 Å². The molecule has 200 valence electrons. The molecule has 0 amide bonds. The molecule has 1 aromatic carbocycles. The lowest BCUT2D eigenvalue weighted by Gasteiger charge is -2.73. The Balaban J connectivity index is 1.33. The summed E-state index contributed by atoms with van der Waals surface area (Å²) in [6, 6.07) is 9.07. The summed E-state index contributed by atoms with van der Waals surface area (Å²) in [6.07, 6.45) is 15.3. The second-order valence-electron chi connectivity index (χ2n) is 16.8. The van der Waals surface area contributed by atoms with E-state index in [1.807, 2.05) is 0 Å². The fourth-order valence-electron chi connectivity index (χ4n) is 11.7. The van der Waals surface area contributed by atoms with E-state index in [-0.39, 0.29) is 5.41 Å². The van der Waals surface area contributed by atoms with Crippen molar-refractivity contribution in [3.8, 4) is 0 Å². The van der Waals surface area contributed by atoms with Gasteiger partial charge < -0.3 is 4.98 Å². The Morgan fingerprint density at radius 1 is 0.757 bits per heavy atom. The summed E-state index contributed by atoms with van der Waals surface area (Å²) in [6.45, 7) is 21.1. The molecular formula is C36H51N. The molecule has 2 aromatic rings. The summed E-state index contributed by atoms with van der Waals surface area (Å²) in [5.41, 5.74) is 8.62. The molecule has 1 nitrogen and oxygen atoms in total. The first-order chi connectivity index (χ1) is 17.3. The van der Waals surface area contributed by atoms with E-state index in [2.05, 4.69) is 90.7 Å². The van der Waals surface area contributed by atoms with Crippen LogP contribution in [0.3, 0.4) is 0 Å². The standard InChI is InChI=1S/C36H51N/c1-31(2)15-16-33(5)17-19-35(7)28-14-13-25-26(34(28,6)18-20-36(35,8)29(33)22-31)21-24-23-11-9-10-12-27(23)37-30(24)32(25,3)4/h9-13,26,28-29,37H,14-22H2,1-8H3/t26-,28+,29-,33-,34+,35-,36+/m1/s1. The van der Waals surface area contributed by atoms with E-state index in [0.29, 0.717) is 33.0 Å². The fraction of sp³-hybridized carbons (Fsp3) is 0.722. The van der Waals surface area contributed by atoms with Crippen molar-refractivity contribution in [3.63, 3.8) is 0 Å². The molecule has 1 aromatic heterocycles. The van der Waals surface area contributed by atoms with Gasteiger partial charge in [-0.05, 0) is 114 Å². The zero-order valence-corrected chi connectivity index (χ0v) is 25.0. The number of aromatic nitrogens is 1. The molecule has 0 spiro atoms. The van der Waals surface area contributed by atoms with Gasteiger partial charge in [-0.2, -0.15) is 0 Å². The predicted octanol–water partition coefficient (Wildman–Crippen LogP) is 10.0. The quantitative estimate of drug-likeness (QED) is 0.348. The highest BCUT2D eigenvalue weighted by Gasteiger charge is 2.69. The summed E-state index contributed by atoms with van der Waals surface area (Å²) in [4.78, 5) is 3.88. The van der Waals surface area contributed by atoms with Crippen LogP contribution in [0.4, 0.5) is 0 Å². The second kappa shape index (κ2) is 7.17. The van der Waals surface area contributed by atoms with Gasteiger partial charge in [-0.3, -0.25) is 0 Å². The first-order valence-electron chi connectivity index (χ1n) is 15.6. The number of nitrogens with one attached hydrogen (secondary N) is 1. The number of allylic oxidation sites excluding steroid dienone is 2. The molecule has 1 heterocycles. The number of para-hydroxylation sites is 1. The number of aromatic amines is 1. The minimum absolute atomic E-state index is 0.0887. The normalized spacial score (nSPS) is 45.6. The van der Waals surface area contributed by atoms with Crippen molar-refractivity contribution in [3.05, 3.63) is 47.2 Å². The maximum Gasteiger partial charge on any atom is 0.0459 e. The smallest absolute Gasteiger partial charge is 0.0459 e. The van der Waals surface area contributed by atoms with Gasteiger partial charge in [-0.1, -0.05) is 85.2 Å². The van der Waals surface area contributed by atoms with E-state index in [9.17, 15) is 0 Å². The summed E-state index contributed by atoms with van der Waals surface area (Å²) < 4.78 is 0. The topological polar surface area (TPSA) is 15.8 Å². The van der Waals surface area contributed by atoms with Gasteiger partial charge in [0.2, 0.25) is 0 Å². The molecule has 37 heavy (non-hydrogen) atoms. The van der Waals surface area contributed by atoms with Crippen LogP contribution in [0, 0.1) is 44.8 Å². The molecule has 5 aliphatic carbocycles. The van der Waals surface area contributed by atoms with Gasteiger partial charge in [0.25, 0.3) is 0 Å². The highest BCUT2D eigenvalue weighted by atomic mass is 14.8. The van der Waals surface area contributed by atoms with Gasteiger partial charge in [0.15, 0.2) is 0 Å². The van der Waals surface area contributed by atoms with E-state index in [0.717, 1.165) is 11.8 Å². The lowest BCUT2D eigenvalue weighted by Crippen LogP contribution is -2.65. The van der Waals surface area contributed by atoms with Gasteiger partial charge >= 0.3 is 0 Å². The number of H-pyrrole nitrogens is 1. The summed E-state index contributed by atoms with van der Waals surface area (Å²) in [7, 11) is 0. The van der Waals surface area contributed by atoms with Gasteiger partial charge in [-0.25, -0.2) is 0 Å². The van der Waals surface area contributed by atoms with Crippen molar-refractivity contribution in [2.45, 2.75) is 119 Å². The van der Waals surface area contributed by atoms with Crippen LogP contribution in [0.1, 0.15) is 118 Å². The minimum atomic E-state index is 0.0887. The molecule has 3 saturated carbocycles. The summed E-state index contributed by atoms with van der Waals surface area (Å²) in [5, 5.41) is 1.47. The highest BCUT2D eigenvalue weighted by molar-refractivity contribution is 5.86. The lowest BCUT2D eigenvalue weighted by atomic mass is 9.31. The first-order valence-corrected chi connectivity index (χ1v) is 15.6. The van der Waals surface area contributed by atoms with Crippen LogP contribution >= 0.6 is 0 Å². The van der Waals surface area contributed by atoms with Crippen LogP contribution in [0.2, 0.25) is 0 Å². The number of hydrogen-bond acceptors (Lipinski definition) is 0. The van der Waals surface area contributed by atoms with Crippen molar-refractivity contribution in [1.29, 1.82) is 0 Å². The minimum Gasteiger partial charge on any atom is -0.357 e. The molecule has 7 atom stereocenters. The monoisotopic (exact) mass is 497 g/mol. The SMILES string of the molecule is CC1(C)CC[C@]2(C)CC[C@]3(C)[C@H]4CC=C5[C@@H](Cc6c([nH]c7ccccc67)C5(C)C)[C@]4(C)CC[C@@]3(C)[C@@H]2C1. The van der Waals surface area contributed by atoms with Crippen LogP contribution in [0.25, 0.3) is 10.9 Å².